The molecule has 0 amide bonds. The molecule has 1 aromatic carbocycles. The molecule has 2 aromatic heterocycles. The number of carbonyl (C=O) groups excluding carboxylic acids is 1. The average Bonchev–Trinajstić information content (AvgIpc) is 3.17. The number of methoxy groups -OCH3 is 1. The zero-order chi connectivity index (χ0) is 22.1. The van der Waals surface area contributed by atoms with Gasteiger partial charge in [0.05, 0.1) is 23.3 Å². The van der Waals surface area contributed by atoms with Crippen molar-refractivity contribution in [3.05, 3.63) is 71.0 Å². The largest absolute Gasteiger partial charge is 0.465 e. The van der Waals surface area contributed by atoms with Gasteiger partial charge in [-0.3, -0.25) is 9.29 Å². The van der Waals surface area contributed by atoms with E-state index >= 15 is 0 Å². The average molecular weight is 460 g/mol. The molecule has 0 aliphatic carbocycles. The maximum Gasteiger partial charge on any atom is 0.417 e. The van der Waals surface area contributed by atoms with Crippen LogP contribution in [0, 0.1) is 0 Å². The Bertz CT molecular complexity index is 1210. The highest BCUT2D eigenvalue weighted by atomic mass is 35.5. The number of pyridine rings is 1. The van der Waals surface area contributed by atoms with Crippen LogP contribution in [0.3, 0.4) is 0 Å². The van der Waals surface area contributed by atoms with E-state index in [1.807, 2.05) is 0 Å². The number of hydrogen-bond donors (Lipinski definition) is 1. The minimum atomic E-state index is -4.65. The van der Waals surface area contributed by atoms with Crippen LogP contribution in [0.5, 0.6) is 0 Å². The number of ether oxygens (including phenoxy) is 1. The highest BCUT2D eigenvalue weighted by Gasteiger charge is 2.32. The Hall–Kier alpha value is -3.05. The molecule has 0 bridgehead atoms. The van der Waals surface area contributed by atoms with Gasteiger partial charge in [-0.15, -0.1) is 0 Å². The van der Waals surface area contributed by atoms with E-state index < -0.39 is 27.7 Å². The highest BCUT2D eigenvalue weighted by molar-refractivity contribution is 7.92. The summed E-state index contributed by atoms with van der Waals surface area (Å²) in [5, 5.41) is -0.703. The summed E-state index contributed by atoms with van der Waals surface area (Å²) in [6.45, 7) is 0. The summed E-state index contributed by atoms with van der Waals surface area (Å²) < 4.78 is 72.1. The smallest absolute Gasteiger partial charge is 0.417 e. The SMILES string of the molecule is COC(=O)c1cccc(NS(=O)(=O)c2cccn2-c2ncc(C(F)(F)F)cc2Cl)c1. The molecular formula is C18H13ClF3N3O4S. The van der Waals surface area contributed by atoms with Crippen LogP contribution < -0.4 is 4.72 Å². The molecule has 30 heavy (non-hydrogen) atoms. The van der Waals surface area contributed by atoms with Crippen LogP contribution in [0.2, 0.25) is 5.02 Å². The van der Waals surface area contributed by atoms with Crippen LogP contribution in [0.25, 0.3) is 5.82 Å². The van der Waals surface area contributed by atoms with E-state index in [9.17, 15) is 26.4 Å². The second kappa shape index (κ2) is 8.00. The molecule has 0 unspecified atom stereocenters. The zero-order valence-corrected chi connectivity index (χ0v) is 16.7. The molecule has 0 aliphatic heterocycles. The number of hydrogen-bond acceptors (Lipinski definition) is 5. The molecule has 158 valence electrons. The van der Waals surface area contributed by atoms with Crippen molar-refractivity contribution in [2.75, 3.05) is 11.8 Å². The lowest BCUT2D eigenvalue weighted by molar-refractivity contribution is -0.137. The summed E-state index contributed by atoms with van der Waals surface area (Å²) in [7, 11) is -3.03. The Kier molecular flexibility index (Phi) is 5.77. The number of alkyl halides is 3. The first-order valence-corrected chi connectivity index (χ1v) is 10.0. The van der Waals surface area contributed by atoms with Gasteiger partial charge in [-0.05, 0) is 36.4 Å². The third-order valence-corrected chi connectivity index (χ3v) is 5.57. The fourth-order valence-electron chi connectivity index (χ4n) is 2.56. The number of rotatable bonds is 5. The molecule has 2 heterocycles. The summed E-state index contributed by atoms with van der Waals surface area (Å²) in [5.74, 6) is -0.849. The zero-order valence-electron chi connectivity index (χ0n) is 15.1. The fraction of sp³-hybridized carbons (Fsp3) is 0.111. The van der Waals surface area contributed by atoms with Gasteiger partial charge >= 0.3 is 12.1 Å². The van der Waals surface area contributed by atoms with Crippen LogP contribution in [0.1, 0.15) is 15.9 Å². The van der Waals surface area contributed by atoms with Gasteiger partial charge in [0, 0.05) is 18.1 Å². The van der Waals surface area contributed by atoms with Crippen LogP contribution in [-0.4, -0.2) is 31.0 Å². The van der Waals surface area contributed by atoms with Gasteiger partial charge in [0.25, 0.3) is 10.0 Å². The molecule has 3 aromatic rings. The van der Waals surface area contributed by atoms with Crippen LogP contribution >= 0.6 is 11.6 Å². The summed E-state index contributed by atoms with van der Waals surface area (Å²) in [4.78, 5) is 15.3. The maximum absolute atomic E-state index is 12.8. The van der Waals surface area contributed by atoms with Crippen LogP contribution in [0.4, 0.5) is 18.9 Å². The highest BCUT2D eigenvalue weighted by Crippen LogP contribution is 2.32. The first-order valence-electron chi connectivity index (χ1n) is 8.14. The van der Waals surface area contributed by atoms with E-state index in [4.69, 9.17) is 11.6 Å². The lowest BCUT2D eigenvalue weighted by Gasteiger charge is -2.14. The molecule has 0 fully saturated rings. The van der Waals surface area contributed by atoms with E-state index in [0.29, 0.717) is 12.3 Å². The number of carbonyl (C=O) groups is 1. The Morgan fingerprint density at radius 1 is 1.20 bits per heavy atom. The van der Waals surface area contributed by atoms with Crippen molar-refractivity contribution in [3.8, 4) is 5.82 Å². The number of nitrogens with one attached hydrogen (secondary N) is 1. The lowest BCUT2D eigenvalue weighted by atomic mass is 10.2. The monoisotopic (exact) mass is 459 g/mol. The molecule has 0 spiro atoms. The van der Waals surface area contributed by atoms with E-state index in [0.717, 1.165) is 4.57 Å². The molecular weight excluding hydrogens is 447 g/mol. The normalized spacial score (nSPS) is 11.9. The van der Waals surface area contributed by atoms with Gasteiger partial charge in [0.1, 0.15) is 0 Å². The molecule has 3 rings (SSSR count). The van der Waals surface area contributed by atoms with E-state index in [1.165, 1.54) is 49.7 Å². The Labute approximate surface area is 174 Å². The van der Waals surface area contributed by atoms with Gasteiger partial charge < -0.3 is 4.74 Å². The predicted molar refractivity (Wildman–Crippen MR) is 102 cm³/mol. The molecule has 0 atom stereocenters. The minimum Gasteiger partial charge on any atom is -0.465 e. The molecule has 12 heteroatoms. The first kappa shape index (κ1) is 21.7. The standard InChI is InChI=1S/C18H13ClF3N3O4S/c1-29-17(26)11-4-2-5-13(8-11)24-30(27,28)15-6-3-7-25(15)16-14(19)9-12(10-23-16)18(20,21)22/h2-10,24H,1H3. The molecule has 7 nitrogen and oxygen atoms in total. The topological polar surface area (TPSA) is 90.3 Å². The van der Waals surface area contributed by atoms with Gasteiger partial charge in [-0.1, -0.05) is 17.7 Å². The Morgan fingerprint density at radius 3 is 2.57 bits per heavy atom. The second-order valence-electron chi connectivity index (χ2n) is 5.92. The molecule has 0 saturated heterocycles. The van der Waals surface area contributed by atoms with Crippen molar-refractivity contribution in [1.82, 2.24) is 9.55 Å². The van der Waals surface area contributed by atoms with Gasteiger partial charge in [0.2, 0.25) is 0 Å². The number of aromatic nitrogens is 2. The first-order chi connectivity index (χ1) is 14.0. The summed E-state index contributed by atoms with van der Waals surface area (Å²) in [6, 6.07) is 8.85. The van der Waals surface area contributed by atoms with Crippen LogP contribution in [0.15, 0.2) is 59.9 Å². The Balaban J connectivity index is 1.97. The second-order valence-corrected chi connectivity index (χ2v) is 7.96. The van der Waals surface area contributed by atoms with Gasteiger partial charge in [-0.2, -0.15) is 21.6 Å². The predicted octanol–water partition coefficient (Wildman–Crippen LogP) is 4.13. The minimum absolute atomic E-state index is 0.0807. The quantitative estimate of drug-likeness (QED) is 0.579. The third-order valence-electron chi connectivity index (χ3n) is 3.90. The number of esters is 1. The van der Waals surface area contributed by atoms with E-state index in [2.05, 4.69) is 14.4 Å². The molecule has 0 aliphatic rings. The fourth-order valence-corrected chi connectivity index (χ4v) is 4.02. The van der Waals surface area contributed by atoms with Gasteiger partial charge in [0.15, 0.2) is 10.8 Å². The summed E-state index contributed by atoms with van der Waals surface area (Å²) >= 11 is 5.93. The van der Waals surface area contributed by atoms with Crippen molar-refractivity contribution < 1.29 is 31.1 Å². The number of halogens is 4. The molecule has 0 saturated carbocycles. The molecule has 1 N–H and O–H groups in total. The summed E-state index contributed by atoms with van der Waals surface area (Å²) in [5.41, 5.74) is -0.858. The van der Waals surface area contributed by atoms with Crippen molar-refractivity contribution in [3.63, 3.8) is 0 Å². The summed E-state index contributed by atoms with van der Waals surface area (Å²) in [6.07, 6.45) is -2.79. The Morgan fingerprint density at radius 2 is 1.93 bits per heavy atom. The van der Waals surface area contributed by atoms with Gasteiger partial charge in [-0.25, -0.2) is 9.78 Å². The molecule has 0 radical (unpaired) electrons. The lowest BCUT2D eigenvalue weighted by Crippen LogP contribution is -2.18. The number of sulfonamides is 1. The van der Waals surface area contributed by atoms with E-state index in [1.54, 1.807) is 0 Å². The maximum atomic E-state index is 12.8. The third kappa shape index (κ3) is 4.41. The van der Waals surface area contributed by atoms with Crippen molar-refractivity contribution in [2.24, 2.45) is 0 Å². The number of benzene rings is 1. The number of anilines is 1. The number of nitrogens with zero attached hydrogens (tertiary/aromatic N) is 2. The van der Waals surface area contributed by atoms with Crippen molar-refractivity contribution in [2.45, 2.75) is 11.2 Å². The van der Waals surface area contributed by atoms with Crippen molar-refractivity contribution in [1.29, 1.82) is 0 Å². The van der Waals surface area contributed by atoms with Crippen LogP contribution in [-0.2, 0) is 20.9 Å². The van der Waals surface area contributed by atoms with E-state index in [-0.39, 0.29) is 27.1 Å². The van der Waals surface area contributed by atoms with Crippen molar-refractivity contribution >= 4 is 33.3 Å².